The first-order valence-corrected chi connectivity index (χ1v) is 10.2. The van der Waals surface area contributed by atoms with E-state index in [9.17, 15) is 8.78 Å². The van der Waals surface area contributed by atoms with Gasteiger partial charge in [0.2, 0.25) is 0 Å². The topological polar surface area (TPSA) is 0 Å². The summed E-state index contributed by atoms with van der Waals surface area (Å²) in [4.78, 5) is 0. The minimum absolute atomic E-state index is 0.443. The Bertz CT molecular complexity index is 682. The van der Waals surface area contributed by atoms with E-state index >= 15 is 0 Å². The van der Waals surface area contributed by atoms with Crippen LogP contribution in [0, 0.1) is 17.6 Å². The van der Waals surface area contributed by atoms with E-state index in [4.69, 9.17) is 0 Å². The molecule has 0 spiro atoms. The Balaban J connectivity index is 1.51. The fraction of sp³-hybridized carbons (Fsp3) is 0.500. The number of halogens is 2. The molecule has 0 nitrogen and oxygen atoms in total. The molecule has 0 heterocycles. The van der Waals surface area contributed by atoms with Crippen LogP contribution in [0.2, 0.25) is 0 Å². The zero-order valence-corrected chi connectivity index (χ0v) is 15.8. The lowest BCUT2D eigenvalue weighted by Gasteiger charge is -2.29. The van der Waals surface area contributed by atoms with Crippen LogP contribution < -0.4 is 0 Å². The molecule has 140 valence electrons. The van der Waals surface area contributed by atoms with Gasteiger partial charge in [-0.15, -0.1) is 0 Å². The molecular formula is C24H30F2. The molecule has 0 N–H and O–H groups in total. The van der Waals surface area contributed by atoms with Crippen molar-refractivity contribution in [2.75, 3.05) is 0 Å². The average molecular weight is 357 g/mol. The second kappa shape index (κ2) is 9.30. The normalized spacial score (nSPS) is 20.3. The second-order valence-electron chi connectivity index (χ2n) is 7.84. The molecule has 0 unspecified atom stereocenters. The van der Waals surface area contributed by atoms with Crippen molar-refractivity contribution in [1.29, 1.82) is 0 Å². The zero-order valence-electron chi connectivity index (χ0n) is 15.8. The first kappa shape index (κ1) is 19.1. The van der Waals surface area contributed by atoms with Crippen molar-refractivity contribution >= 4 is 0 Å². The van der Waals surface area contributed by atoms with Gasteiger partial charge in [0.25, 0.3) is 0 Å². The van der Waals surface area contributed by atoms with Crippen LogP contribution in [-0.4, -0.2) is 0 Å². The Morgan fingerprint density at radius 3 is 2.27 bits per heavy atom. The molecular weight excluding hydrogens is 326 g/mol. The summed E-state index contributed by atoms with van der Waals surface area (Å²) in [6.07, 6.45) is 10.8. The summed E-state index contributed by atoms with van der Waals surface area (Å²) in [6, 6.07) is 12.7. The van der Waals surface area contributed by atoms with Gasteiger partial charge in [-0.25, -0.2) is 8.78 Å². The molecule has 2 heteroatoms. The highest BCUT2D eigenvalue weighted by Crippen LogP contribution is 2.37. The fourth-order valence-corrected chi connectivity index (χ4v) is 4.24. The maximum atomic E-state index is 13.7. The second-order valence-corrected chi connectivity index (χ2v) is 7.84. The average Bonchev–Trinajstić information content (AvgIpc) is 2.66. The summed E-state index contributed by atoms with van der Waals surface area (Å²) in [7, 11) is 0. The molecule has 3 rings (SSSR count). The van der Waals surface area contributed by atoms with Gasteiger partial charge in [-0.1, -0.05) is 56.5 Å². The van der Waals surface area contributed by atoms with Crippen LogP contribution in [-0.2, 0) is 12.8 Å². The third kappa shape index (κ3) is 5.16. The molecule has 0 bridgehead atoms. The first-order chi connectivity index (χ1) is 12.7. The molecule has 0 amide bonds. The highest BCUT2D eigenvalue weighted by Gasteiger charge is 2.21. The lowest BCUT2D eigenvalue weighted by Crippen LogP contribution is -2.13. The molecule has 0 atom stereocenters. The fourth-order valence-electron chi connectivity index (χ4n) is 4.24. The maximum Gasteiger partial charge on any atom is 0.129 e. The summed E-state index contributed by atoms with van der Waals surface area (Å²) in [5.41, 5.74) is 3.26. The number of hydrogen-bond acceptors (Lipinski definition) is 0. The van der Waals surface area contributed by atoms with Gasteiger partial charge in [0.15, 0.2) is 0 Å². The van der Waals surface area contributed by atoms with E-state index < -0.39 is 11.6 Å². The summed E-state index contributed by atoms with van der Waals surface area (Å²) in [6.45, 7) is 2.28. The van der Waals surface area contributed by atoms with Crippen molar-refractivity contribution in [1.82, 2.24) is 0 Å². The van der Waals surface area contributed by atoms with Crippen LogP contribution in [0.25, 0.3) is 0 Å². The number of unbranched alkanes of at least 4 members (excludes halogenated alkanes) is 1. The van der Waals surface area contributed by atoms with Crippen molar-refractivity contribution in [3.63, 3.8) is 0 Å². The van der Waals surface area contributed by atoms with Gasteiger partial charge in [-0.3, -0.25) is 0 Å². The SMILES string of the molecule is CCCCC1CCC(c2ccc(CCc3ccc(F)cc3F)cc2)CC1. The minimum atomic E-state index is -0.514. The van der Waals surface area contributed by atoms with E-state index in [1.807, 2.05) is 0 Å². The van der Waals surface area contributed by atoms with Gasteiger partial charge < -0.3 is 0 Å². The molecule has 0 aromatic heterocycles. The molecule has 2 aromatic rings. The summed E-state index contributed by atoms with van der Waals surface area (Å²) >= 11 is 0. The largest absolute Gasteiger partial charge is 0.207 e. The van der Waals surface area contributed by atoms with E-state index in [0.29, 0.717) is 17.9 Å². The minimum Gasteiger partial charge on any atom is -0.207 e. The van der Waals surface area contributed by atoms with Gasteiger partial charge >= 0.3 is 0 Å². The Hall–Kier alpha value is -1.70. The van der Waals surface area contributed by atoms with E-state index in [0.717, 1.165) is 18.4 Å². The van der Waals surface area contributed by atoms with Crippen LogP contribution in [0.1, 0.15) is 74.5 Å². The van der Waals surface area contributed by atoms with Crippen molar-refractivity contribution in [2.45, 2.75) is 70.6 Å². The van der Waals surface area contributed by atoms with Crippen molar-refractivity contribution in [3.8, 4) is 0 Å². The van der Waals surface area contributed by atoms with Gasteiger partial charge in [-0.2, -0.15) is 0 Å². The Labute approximate surface area is 156 Å². The third-order valence-electron chi connectivity index (χ3n) is 5.96. The Morgan fingerprint density at radius 1 is 0.885 bits per heavy atom. The van der Waals surface area contributed by atoms with Crippen LogP contribution in [0.5, 0.6) is 0 Å². The smallest absolute Gasteiger partial charge is 0.129 e. The van der Waals surface area contributed by atoms with Crippen molar-refractivity contribution in [2.24, 2.45) is 5.92 Å². The van der Waals surface area contributed by atoms with Crippen LogP contribution >= 0.6 is 0 Å². The van der Waals surface area contributed by atoms with Gasteiger partial charge in [0.1, 0.15) is 11.6 Å². The molecule has 1 fully saturated rings. The van der Waals surface area contributed by atoms with Crippen LogP contribution in [0.15, 0.2) is 42.5 Å². The number of aryl methyl sites for hydroxylation is 2. The quantitative estimate of drug-likeness (QED) is 0.491. The predicted molar refractivity (Wildman–Crippen MR) is 104 cm³/mol. The van der Waals surface area contributed by atoms with Gasteiger partial charge in [0, 0.05) is 6.07 Å². The van der Waals surface area contributed by atoms with Gasteiger partial charge in [0.05, 0.1) is 0 Å². The molecule has 1 saturated carbocycles. The lowest BCUT2D eigenvalue weighted by molar-refractivity contribution is 0.304. The standard InChI is InChI=1S/C24H30F2/c1-2-3-4-18-5-10-20(11-6-18)21-12-7-19(8-13-21)9-14-22-15-16-23(25)17-24(22)26/h7-8,12-13,15-18,20H,2-6,9-11,14H2,1H3. The van der Waals surface area contributed by atoms with E-state index in [-0.39, 0.29) is 0 Å². The molecule has 0 aliphatic heterocycles. The zero-order chi connectivity index (χ0) is 18.4. The maximum absolute atomic E-state index is 13.7. The van der Waals surface area contributed by atoms with Gasteiger partial charge in [-0.05, 0) is 73.1 Å². The monoisotopic (exact) mass is 356 g/mol. The Morgan fingerprint density at radius 2 is 1.62 bits per heavy atom. The lowest BCUT2D eigenvalue weighted by atomic mass is 9.77. The molecule has 0 radical (unpaired) electrons. The summed E-state index contributed by atoms with van der Waals surface area (Å²) in [5, 5.41) is 0. The molecule has 26 heavy (non-hydrogen) atoms. The summed E-state index contributed by atoms with van der Waals surface area (Å²) < 4.78 is 26.7. The predicted octanol–water partition coefficient (Wildman–Crippen LogP) is 7.21. The molecule has 1 aliphatic rings. The molecule has 0 saturated heterocycles. The highest BCUT2D eigenvalue weighted by molar-refractivity contribution is 5.27. The van der Waals surface area contributed by atoms with Crippen molar-refractivity contribution < 1.29 is 8.78 Å². The number of hydrogen-bond donors (Lipinski definition) is 0. The number of benzene rings is 2. The number of rotatable bonds is 7. The highest BCUT2D eigenvalue weighted by atomic mass is 19.1. The first-order valence-electron chi connectivity index (χ1n) is 10.2. The van der Waals surface area contributed by atoms with E-state index in [2.05, 4.69) is 31.2 Å². The van der Waals surface area contributed by atoms with Crippen molar-refractivity contribution in [3.05, 3.63) is 70.8 Å². The molecule has 2 aromatic carbocycles. The van der Waals surface area contributed by atoms with E-state index in [1.165, 1.54) is 62.1 Å². The molecule has 1 aliphatic carbocycles. The van der Waals surface area contributed by atoms with E-state index in [1.54, 1.807) is 6.07 Å². The van der Waals surface area contributed by atoms with Crippen LogP contribution in [0.4, 0.5) is 8.78 Å². The van der Waals surface area contributed by atoms with Crippen LogP contribution in [0.3, 0.4) is 0 Å². The third-order valence-corrected chi connectivity index (χ3v) is 5.96. The Kier molecular flexibility index (Phi) is 6.82. The summed E-state index contributed by atoms with van der Waals surface area (Å²) in [5.74, 6) is 0.689.